The van der Waals surface area contributed by atoms with E-state index in [9.17, 15) is 9.59 Å². The van der Waals surface area contributed by atoms with E-state index >= 15 is 0 Å². The van der Waals surface area contributed by atoms with Crippen LogP contribution in [0.1, 0.15) is 5.56 Å². The SMILES string of the molecule is C[Si](C)(C)CCOCn1ncc2c(ccc(=O)n2CCOCc2ccccc2)c1=O. The Morgan fingerprint density at radius 1 is 0.967 bits per heavy atom. The average molecular weight is 428 g/mol. The molecule has 0 aliphatic heterocycles. The van der Waals surface area contributed by atoms with Crippen molar-refractivity contribution in [3.8, 4) is 0 Å². The average Bonchev–Trinajstić information content (AvgIpc) is 2.71. The highest BCUT2D eigenvalue weighted by atomic mass is 28.3. The minimum absolute atomic E-state index is 0.110. The van der Waals surface area contributed by atoms with Gasteiger partial charge in [0, 0.05) is 27.3 Å². The summed E-state index contributed by atoms with van der Waals surface area (Å²) in [6.07, 6.45) is 1.55. The van der Waals surface area contributed by atoms with Crippen LogP contribution in [-0.4, -0.2) is 35.6 Å². The normalized spacial score (nSPS) is 11.8. The van der Waals surface area contributed by atoms with Crippen molar-refractivity contribution in [2.45, 2.75) is 45.6 Å². The zero-order valence-corrected chi connectivity index (χ0v) is 18.8. The molecule has 0 unspecified atom stereocenters. The molecule has 7 nitrogen and oxygen atoms in total. The summed E-state index contributed by atoms with van der Waals surface area (Å²) >= 11 is 0. The van der Waals surface area contributed by atoms with Gasteiger partial charge < -0.3 is 14.0 Å². The second kappa shape index (κ2) is 9.97. The number of nitrogens with zero attached hydrogens (tertiary/aromatic N) is 3. The summed E-state index contributed by atoms with van der Waals surface area (Å²) in [5.41, 5.74) is 1.13. The van der Waals surface area contributed by atoms with Crippen LogP contribution in [0.15, 0.2) is 58.3 Å². The fraction of sp³-hybridized carbons (Fsp3) is 0.409. The molecule has 0 saturated heterocycles. The van der Waals surface area contributed by atoms with Crippen molar-refractivity contribution >= 4 is 19.0 Å². The fourth-order valence-electron chi connectivity index (χ4n) is 3.00. The quantitative estimate of drug-likeness (QED) is 0.367. The van der Waals surface area contributed by atoms with Crippen molar-refractivity contribution in [3.05, 3.63) is 74.9 Å². The van der Waals surface area contributed by atoms with Crippen molar-refractivity contribution in [3.63, 3.8) is 0 Å². The number of hydrogen-bond donors (Lipinski definition) is 0. The van der Waals surface area contributed by atoms with E-state index in [1.165, 1.54) is 15.3 Å². The molecule has 0 fully saturated rings. The smallest absolute Gasteiger partial charge is 0.278 e. The first kappa shape index (κ1) is 22.1. The molecule has 1 aromatic carbocycles. The van der Waals surface area contributed by atoms with Gasteiger partial charge in [-0.25, -0.2) is 4.68 Å². The highest BCUT2D eigenvalue weighted by Crippen LogP contribution is 2.09. The molecule has 0 N–H and O–H groups in total. The summed E-state index contributed by atoms with van der Waals surface area (Å²) in [5.74, 6) is 0. The molecule has 0 radical (unpaired) electrons. The summed E-state index contributed by atoms with van der Waals surface area (Å²) in [7, 11) is -1.19. The third-order valence-electron chi connectivity index (χ3n) is 4.79. The third-order valence-corrected chi connectivity index (χ3v) is 6.49. The largest absolute Gasteiger partial charge is 0.375 e. The minimum Gasteiger partial charge on any atom is -0.375 e. The Morgan fingerprint density at radius 2 is 1.73 bits per heavy atom. The Hall–Kier alpha value is -2.55. The van der Waals surface area contributed by atoms with Gasteiger partial charge in [-0.05, 0) is 17.7 Å². The van der Waals surface area contributed by atoms with Crippen LogP contribution < -0.4 is 11.1 Å². The number of hydrogen-bond acceptors (Lipinski definition) is 5. The van der Waals surface area contributed by atoms with Gasteiger partial charge in [-0.2, -0.15) is 5.10 Å². The van der Waals surface area contributed by atoms with E-state index in [-0.39, 0.29) is 17.8 Å². The Labute approximate surface area is 176 Å². The van der Waals surface area contributed by atoms with Gasteiger partial charge in [-0.1, -0.05) is 50.0 Å². The molecule has 0 bridgehead atoms. The van der Waals surface area contributed by atoms with Crippen LogP contribution in [0.5, 0.6) is 0 Å². The van der Waals surface area contributed by atoms with Crippen LogP contribution >= 0.6 is 0 Å². The van der Waals surface area contributed by atoms with Gasteiger partial charge in [0.25, 0.3) is 11.1 Å². The zero-order chi connectivity index (χ0) is 21.6. The molecule has 3 rings (SSSR count). The lowest BCUT2D eigenvalue weighted by molar-refractivity contribution is 0.0754. The van der Waals surface area contributed by atoms with Gasteiger partial charge in [-0.3, -0.25) is 9.59 Å². The first-order valence-corrected chi connectivity index (χ1v) is 13.8. The molecule has 2 heterocycles. The molecule has 8 heteroatoms. The lowest BCUT2D eigenvalue weighted by atomic mass is 10.2. The van der Waals surface area contributed by atoms with E-state index in [2.05, 4.69) is 24.7 Å². The van der Waals surface area contributed by atoms with Gasteiger partial charge >= 0.3 is 0 Å². The van der Waals surface area contributed by atoms with Crippen LogP contribution in [0.25, 0.3) is 10.9 Å². The van der Waals surface area contributed by atoms with Crippen LogP contribution in [-0.2, 0) is 29.4 Å². The maximum absolute atomic E-state index is 12.8. The van der Waals surface area contributed by atoms with E-state index in [1.54, 1.807) is 12.3 Å². The molecule has 0 saturated carbocycles. The highest BCUT2D eigenvalue weighted by Gasteiger charge is 2.13. The predicted molar refractivity (Wildman–Crippen MR) is 120 cm³/mol. The van der Waals surface area contributed by atoms with Crippen molar-refractivity contribution in [1.82, 2.24) is 14.3 Å². The Balaban J connectivity index is 1.68. The molecule has 30 heavy (non-hydrogen) atoms. The van der Waals surface area contributed by atoms with Crippen molar-refractivity contribution < 1.29 is 9.47 Å². The predicted octanol–water partition coefficient (Wildman–Crippen LogP) is 3.09. The van der Waals surface area contributed by atoms with E-state index in [0.717, 1.165) is 11.6 Å². The molecular weight excluding hydrogens is 398 g/mol. The van der Waals surface area contributed by atoms with Crippen LogP contribution in [0.2, 0.25) is 25.7 Å². The van der Waals surface area contributed by atoms with Gasteiger partial charge in [0.15, 0.2) is 0 Å². The number of aromatic nitrogens is 3. The fourth-order valence-corrected chi connectivity index (χ4v) is 3.76. The topological polar surface area (TPSA) is 75.3 Å². The van der Waals surface area contributed by atoms with E-state index in [0.29, 0.717) is 37.3 Å². The number of fused-ring (bicyclic) bond motifs is 1. The Morgan fingerprint density at radius 3 is 2.47 bits per heavy atom. The molecule has 2 aromatic heterocycles. The summed E-state index contributed by atoms with van der Waals surface area (Å²) < 4.78 is 14.2. The summed E-state index contributed by atoms with van der Waals surface area (Å²) in [6.45, 7) is 8.73. The second-order valence-electron chi connectivity index (χ2n) is 8.46. The van der Waals surface area contributed by atoms with Gasteiger partial charge in [0.1, 0.15) is 6.73 Å². The van der Waals surface area contributed by atoms with Gasteiger partial charge in [0.05, 0.1) is 30.3 Å². The lowest BCUT2D eigenvalue weighted by Gasteiger charge is -2.16. The van der Waals surface area contributed by atoms with Crippen molar-refractivity contribution in [1.29, 1.82) is 0 Å². The summed E-state index contributed by atoms with van der Waals surface area (Å²) in [6, 6.07) is 13.8. The third kappa shape index (κ3) is 5.98. The Kier molecular flexibility index (Phi) is 7.36. The highest BCUT2D eigenvalue weighted by molar-refractivity contribution is 6.76. The first-order valence-electron chi connectivity index (χ1n) is 10.1. The Bertz CT molecular complexity index is 1090. The zero-order valence-electron chi connectivity index (χ0n) is 17.8. The molecule has 3 aromatic rings. The van der Waals surface area contributed by atoms with Gasteiger partial charge in [-0.15, -0.1) is 0 Å². The monoisotopic (exact) mass is 427 g/mol. The van der Waals surface area contributed by atoms with Crippen LogP contribution in [0.4, 0.5) is 0 Å². The minimum atomic E-state index is -1.19. The number of benzene rings is 1. The second-order valence-corrected chi connectivity index (χ2v) is 14.1. The summed E-state index contributed by atoms with van der Waals surface area (Å²) in [5, 5.41) is 4.65. The van der Waals surface area contributed by atoms with Crippen LogP contribution in [0.3, 0.4) is 0 Å². The molecule has 0 amide bonds. The van der Waals surface area contributed by atoms with Crippen molar-refractivity contribution in [2.24, 2.45) is 0 Å². The van der Waals surface area contributed by atoms with Gasteiger partial charge in [0.2, 0.25) is 0 Å². The number of pyridine rings is 1. The van der Waals surface area contributed by atoms with E-state index in [1.807, 2.05) is 30.3 Å². The van der Waals surface area contributed by atoms with E-state index in [4.69, 9.17) is 9.47 Å². The molecule has 160 valence electrons. The standard InChI is InChI=1S/C22H29N3O4Si/c1-30(2,3)14-13-29-17-25-22(27)19-9-10-21(26)24(20(19)15-23-25)11-12-28-16-18-7-5-4-6-8-18/h4-10,15H,11-14,16-17H2,1-3H3. The van der Waals surface area contributed by atoms with Crippen LogP contribution in [0, 0.1) is 0 Å². The maximum Gasteiger partial charge on any atom is 0.278 e. The molecular formula is C22H29N3O4Si. The number of ether oxygens (including phenoxy) is 2. The molecule has 0 aliphatic carbocycles. The first-order chi connectivity index (χ1) is 14.3. The lowest BCUT2D eigenvalue weighted by Crippen LogP contribution is -2.29. The van der Waals surface area contributed by atoms with E-state index < -0.39 is 8.07 Å². The maximum atomic E-state index is 12.8. The number of rotatable bonds is 10. The molecule has 0 spiro atoms. The molecule has 0 atom stereocenters. The summed E-state index contributed by atoms with van der Waals surface area (Å²) in [4.78, 5) is 25.1. The van der Waals surface area contributed by atoms with Crippen molar-refractivity contribution in [2.75, 3.05) is 13.2 Å². The molecule has 0 aliphatic rings.